The van der Waals surface area contributed by atoms with Crippen LogP contribution in [0.15, 0.2) is 0 Å². The molecule has 2 heterocycles. The van der Waals surface area contributed by atoms with Crippen molar-refractivity contribution in [3.63, 3.8) is 0 Å². The Balaban J connectivity index is 2.00. The first kappa shape index (κ1) is 13.3. The summed E-state index contributed by atoms with van der Waals surface area (Å²) in [5.41, 5.74) is 0. The normalized spacial score (nSPS) is 33.6. The van der Waals surface area contributed by atoms with Gasteiger partial charge in [0.2, 0.25) is 0 Å². The average Bonchev–Trinajstić information content (AvgIpc) is 2.81. The molecule has 2 aliphatic heterocycles. The monoisotopic (exact) mass is 260 g/mol. The zero-order valence-corrected chi connectivity index (χ0v) is 11.7. The summed E-state index contributed by atoms with van der Waals surface area (Å²) >= 11 is 0. The molecule has 5 heteroatoms. The maximum absolute atomic E-state index is 11.8. The summed E-state index contributed by atoms with van der Waals surface area (Å²) in [7, 11) is -2.83. The summed E-state index contributed by atoms with van der Waals surface area (Å²) in [6, 6.07) is 0.349. The van der Waals surface area contributed by atoms with Gasteiger partial charge < -0.3 is 5.32 Å². The summed E-state index contributed by atoms with van der Waals surface area (Å²) in [5.74, 6) is 1.24. The van der Waals surface area contributed by atoms with Gasteiger partial charge in [-0.1, -0.05) is 13.8 Å². The minimum atomic E-state index is -2.83. The van der Waals surface area contributed by atoms with Crippen LogP contribution in [0.25, 0.3) is 0 Å². The second kappa shape index (κ2) is 5.24. The molecule has 0 amide bonds. The van der Waals surface area contributed by atoms with Crippen LogP contribution in [0.3, 0.4) is 0 Å². The summed E-state index contributed by atoms with van der Waals surface area (Å²) in [6.45, 7) is 7.35. The van der Waals surface area contributed by atoms with Crippen LogP contribution in [0.2, 0.25) is 0 Å². The minimum absolute atomic E-state index is 0.139. The Bertz CT molecular complexity index is 348. The van der Waals surface area contributed by atoms with Crippen LogP contribution in [-0.4, -0.2) is 56.5 Å². The smallest absolute Gasteiger partial charge is 0.153 e. The zero-order chi connectivity index (χ0) is 12.5. The predicted molar refractivity (Wildman–Crippen MR) is 69.9 cm³/mol. The maximum Gasteiger partial charge on any atom is 0.153 e. The highest BCUT2D eigenvalue weighted by Gasteiger charge is 2.41. The van der Waals surface area contributed by atoms with Gasteiger partial charge in [0.05, 0.1) is 11.5 Å². The molecule has 0 unspecified atom stereocenters. The lowest BCUT2D eigenvalue weighted by atomic mass is 10.1. The van der Waals surface area contributed by atoms with E-state index in [-0.39, 0.29) is 12.1 Å². The van der Waals surface area contributed by atoms with Gasteiger partial charge in [-0.15, -0.1) is 0 Å². The fourth-order valence-electron chi connectivity index (χ4n) is 2.84. The molecule has 2 atom stereocenters. The summed E-state index contributed by atoms with van der Waals surface area (Å²) in [5, 5.41) is 3.44. The van der Waals surface area contributed by atoms with E-state index in [9.17, 15) is 8.42 Å². The van der Waals surface area contributed by atoms with E-state index in [0.717, 1.165) is 19.6 Å². The van der Waals surface area contributed by atoms with E-state index in [0.29, 0.717) is 17.4 Å². The Kier molecular flexibility index (Phi) is 4.10. The van der Waals surface area contributed by atoms with Crippen LogP contribution in [0.4, 0.5) is 0 Å². The van der Waals surface area contributed by atoms with Crippen molar-refractivity contribution in [2.24, 2.45) is 5.92 Å². The van der Waals surface area contributed by atoms with Gasteiger partial charge in [0.1, 0.15) is 0 Å². The summed E-state index contributed by atoms with van der Waals surface area (Å²) in [4.78, 5) is 2.36. The first-order valence-corrected chi connectivity index (χ1v) is 8.48. The fourth-order valence-corrected chi connectivity index (χ4v) is 4.83. The summed E-state index contributed by atoms with van der Waals surface area (Å²) < 4.78 is 23.6. The van der Waals surface area contributed by atoms with E-state index in [1.165, 1.54) is 12.8 Å². The first-order chi connectivity index (χ1) is 7.98. The third-order valence-electron chi connectivity index (χ3n) is 3.72. The number of hydrogen-bond donors (Lipinski definition) is 1. The van der Waals surface area contributed by atoms with Gasteiger partial charge in [-0.2, -0.15) is 0 Å². The molecular weight excluding hydrogens is 236 g/mol. The molecule has 0 bridgehead atoms. The maximum atomic E-state index is 11.8. The van der Waals surface area contributed by atoms with Crippen LogP contribution in [-0.2, 0) is 9.84 Å². The highest BCUT2D eigenvalue weighted by molar-refractivity contribution is 7.91. The SMILES string of the molecule is CC(C)CN[C@H]1CS(=O)(=O)C[C@H]1N1CCCC1. The molecule has 2 fully saturated rings. The Hall–Kier alpha value is -0.130. The molecule has 0 radical (unpaired) electrons. The molecule has 0 aromatic heterocycles. The van der Waals surface area contributed by atoms with Gasteiger partial charge in [0.25, 0.3) is 0 Å². The quantitative estimate of drug-likeness (QED) is 0.799. The second-order valence-electron chi connectivity index (χ2n) is 5.80. The Labute approximate surface area is 105 Å². The topological polar surface area (TPSA) is 49.4 Å². The fraction of sp³-hybridized carbons (Fsp3) is 1.00. The lowest BCUT2D eigenvalue weighted by molar-refractivity contribution is 0.224. The highest BCUT2D eigenvalue weighted by atomic mass is 32.2. The first-order valence-electron chi connectivity index (χ1n) is 6.66. The molecule has 100 valence electrons. The van der Waals surface area contributed by atoms with Crippen LogP contribution < -0.4 is 5.32 Å². The zero-order valence-electron chi connectivity index (χ0n) is 10.9. The van der Waals surface area contributed by atoms with Crippen molar-refractivity contribution in [1.82, 2.24) is 10.2 Å². The van der Waals surface area contributed by atoms with E-state index in [2.05, 4.69) is 24.1 Å². The molecule has 0 spiro atoms. The number of rotatable bonds is 4. The molecule has 1 N–H and O–H groups in total. The molecule has 2 rings (SSSR count). The number of likely N-dealkylation sites (tertiary alicyclic amines) is 1. The van der Waals surface area contributed by atoms with E-state index in [4.69, 9.17) is 0 Å². The van der Waals surface area contributed by atoms with Crippen molar-refractivity contribution >= 4 is 9.84 Å². The van der Waals surface area contributed by atoms with Gasteiger partial charge in [-0.05, 0) is 38.4 Å². The van der Waals surface area contributed by atoms with E-state index >= 15 is 0 Å². The molecule has 0 saturated carbocycles. The van der Waals surface area contributed by atoms with Gasteiger partial charge in [-0.25, -0.2) is 8.42 Å². The number of hydrogen-bond acceptors (Lipinski definition) is 4. The van der Waals surface area contributed by atoms with Gasteiger partial charge in [0, 0.05) is 12.1 Å². The molecule has 17 heavy (non-hydrogen) atoms. The van der Waals surface area contributed by atoms with E-state index < -0.39 is 9.84 Å². The molecule has 4 nitrogen and oxygen atoms in total. The Morgan fingerprint density at radius 1 is 1.24 bits per heavy atom. The highest BCUT2D eigenvalue weighted by Crippen LogP contribution is 2.22. The molecule has 0 aromatic carbocycles. The van der Waals surface area contributed by atoms with Crippen molar-refractivity contribution in [3.8, 4) is 0 Å². The van der Waals surface area contributed by atoms with Crippen molar-refractivity contribution in [2.75, 3.05) is 31.1 Å². The van der Waals surface area contributed by atoms with Crippen molar-refractivity contribution in [3.05, 3.63) is 0 Å². The van der Waals surface area contributed by atoms with Gasteiger partial charge in [-0.3, -0.25) is 4.90 Å². The number of nitrogens with zero attached hydrogens (tertiary/aromatic N) is 1. The van der Waals surface area contributed by atoms with Crippen LogP contribution >= 0.6 is 0 Å². The molecular formula is C12H24N2O2S. The standard InChI is InChI=1S/C12H24N2O2S/c1-10(2)7-13-11-8-17(15,16)9-12(11)14-5-3-4-6-14/h10-13H,3-9H2,1-2H3/t11-,12+/m0/s1. The van der Waals surface area contributed by atoms with Gasteiger partial charge in [0.15, 0.2) is 9.84 Å². The third kappa shape index (κ3) is 3.42. The van der Waals surface area contributed by atoms with Crippen molar-refractivity contribution in [2.45, 2.75) is 38.8 Å². The molecule has 0 aromatic rings. The lowest BCUT2D eigenvalue weighted by Crippen LogP contribution is -2.49. The van der Waals surface area contributed by atoms with E-state index in [1.807, 2.05) is 0 Å². The third-order valence-corrected chi connectivity index (χ3v) is 5.44. The Morgan fingerprint density at radius 3 is 2.47 bits per heavy atom. The largest absolute Gasteiger partial charge is 0.311 e. The molecule has 2 saturated heterocycles. The van der Waals surface area contributed by atoms with Crippen molar-refractivity contribution in [1.29, 1.82) is 0 Å². The molecule has 2 aliphatic rings. The van der Waals surface area contributed by atoms with Crippen LogP contribution in [0, 0.1) is 5.92 Å². The van der Waals surface area contributed by atoms with E-state index in [1.54, 1.807) is 0 Å². The number of nitrogens with one attached hydrogen (secondary N) is 1. The summed E-state index contributed by atoms with van der Waals surface area (Å²) in [6.07, 6.45) is 2.43. The number of sulfone groups is 1. The Morgan fingerprint density at radius 2 is 1.88 bits per heavy atom. The average molecular weight is 260 g/mol. The second-order valence-corrected chi connectivity index (χ2v) is 7.95. The molecule has 0 aliphatic carbocycles. The van der Waals surface area contributed by atoms with Crippen molar-refractivity contribution < 1.29 is 8.42 Å². The minimum Gasteiger partial charge on any atom is -0.311 e. The van der Waals surface area contributed by atoms with Gasteiger partial charge >= 0.3 is 0 Å². The van der Waals surface area contributed by atoms with Crippen LogP contribution in [0.5, 0.6) is 0 Å². The van der Waals surface area contributed by atoms with Crippen LogP contribution in [0.1, 0.15) is 26.7 Å². The predicted octanol–water partition coefficient (Wildman–Crippen LogP) is 0.493. The lowest BCUT2D eigenvalue weighted by Gasteiger charge is -2.28.